The standard InChI is InChI=1S/C16H23N3O2/c1-5-12-9-13(19(6-2)18-12)11-17-15-8-7-14(20-3)10-16(15)21-4/h7-10,17H,5-6,11H2,1-4H3. The van der Waals surface area contributed by atoms with Gasteiger partial charge in [-0.1, -0.05) is 6.92 Å². The molecule has 0 radical (unpaired) electrons. The van der Waals surface area contributed by atoms with Crippen LogP contribution in [0, 0.1) is 0 Å². The maximum atomic E-state index is 5.39. The number of benzene rings is 1. The third-order valence-corrected chi connectivity index (χ3v) is 3.44. The molecule has 2 aromatic rings. The van der Waals surface area contributed by atoms with E-state index in [1.54, 1.807) is 14.2 Å². The first kappa shape index (κ1) is 15.2. The second-order valence-corrected chi connectivity index (χ2v) is 4.72. The molecule has 1 aromatic heterocycles. The molecule has 21 heavy (non-hydrogen) atoms. The number of nitrogens with zero attached hydrogens (tertiary/aromatic N) is 2. The van der Waals surface area contributed by atoms with Crippen molar-refractivity contribution in [2.45, 2.75) is 33.4 Å². The van der Waals surface area contributed by atoms with Gasteiger partial charge in [-0.3, -0.25) is 4.68 Å². The van der Waals surface area contributed by atoms with Gasteiger partial charge in [-0.15, -0.1) is 0 Å². The first-order valence-electron chi connectivity index (χ1n) is 7.23. The van der Waals surface area contributed by atoms with E-state index in [-0.39, 0.29) is 0 Å². The summed E-state index contributed by atoms with van der Waals surface area (Å²) in [6.07, 6.45) is 0.950. The molecule has 0 saturated carbocycles. The first-order valence-corrected chi connectivity index (χ1v) is 7.23. The second-order valence-electron chi connectivity index (χ2n) is 4.72. The number of hydrogen-bond acceptors (Lipinski definition) is 4. The second kappa shape index (κ2) is 7.02. The molecular formula is C16H23N3O2. The van der Waals surface area contributed by atoms with Gasteiger partial charge in [0, 0.05) is 12.6 Å². The van der Waals surface area contributed by atoms with Crippen LogP contribution in [0.15, 0.2) is 24.3 Å². The SMILES string of the molecule is CCc1cc(CNc2ccc(OC)cc2OC)n(CC)n1. The van der Waals surface area contributed by atoms with E-state index in [0.717, 1.165) is 35.8 Å². The minimum atomic E-state index is 0.712. The maximum absolute atomic E-state index is 5.39. The van der Waals surface area contributed by atoms with Crippen LogP contribution in [-0.4, -0.2) is 24.0 Å². The molecule has 2 rings (SSSR count). The van der Waals surface area contributed by atoms with E-state index in [4.69, 9.17) is 9.47 Å². The van der Waals surface area contributed by atoms with Gasteiger partial charge in [0.05, 0.1) is 37.8 Å². The highest BCUT2D eigenvalue weighted by atomic mass is 16.5. The van der Waals surface area contributed by atoms with Crippen molar-refractivity contribution in [2.75, 3.05) is 19.5 Å². The van der Waals surface area contributed by atoms with Gasteiger partial charge in [0.2, 0.25) is 0 Å². The summed E-state index contributed by atoms with van der Waals surface area (Å²) in [5.41, 5.74) is 3.24. The van der Waals surface area contributed by atoms with Gasteiger partial charge < -0.3 is 14.8 Å². The zero-order valence-corrected chi connectivity index (χ0v) is 13.1. The van der Waals surface area contributed by atoms with Crippen LogP contribution in [0.3, 0.4) is 0 Å². The molecule has 0 bridgehead atoms. The Bertz CT molecular complexity index is 593. The van der Waals surface area contributed by atoms with Gasteiger partial charge in [-0.2, -0.15) is 5.10 Å². The fraction of sp³-hybridized carbons (Fsp3) is 0.438. The molecule has 0 amide bonds. The molecule has 1 N–H and O–H groups in total. The number of anilines is 1. The number of aryl methyl sites for hydroxylation is 2. The van der Waals surface area contributed by atoms with Crippen molar-refractivity contribution < 1.29 is 9.47 Å². The van der Waals surface area contributed by atoms with Crippen LogP contribution >= 0.6 is 0 Å². The fourth-order valence-corrected chi connectivity index (χ4v) is 2.23. The molecule has 5 heteroatoms. The van der Waals surface area contributed by atoms with Crippen LogP contribution in [0.4, 0.5) is 5.69 Å². The number of hydrogen-bond donors (Lipinski definition) is 1. The van der Waals surface area contributed by atoms with E-state index < -0.39 is 0 Å². The molecule has 1 aromatic carbocycles. The summed E-state index contributed by atoms with van der Waals surface area (Å²) < 4.78 is 12.6. The minimum absolute atomic E-state index is 0.712. The van der Waals surface area contributed by atoms with Crippen LogP contribution in [0.5, 0.6) is 11.5 Å². The molecule has 1 heterocycles. The number of nitrogens with one attached hydrogen (secondary N) is 1. The van der Waals surface area contributed by atoms with Gasteiger partial charge in [0.15, 0.2) is 0 Å². The summed E-state index contributed by atoms with van der Waals surface area (Å²) in [5.74, 6) is 1.55. The van der Waals surface area contributed by atoms with Crippen molar-refractivity contribution in [3.63, 3.8) is 0 Å². The van der Waals surface area contributed by atoms with Crippen LogP contribution < -0.4 is 14.8 Å². The number of aromatic nitrogens is 2. The molecule has 0 spiro atoms. The van der Waals surface area contributed by atoms with Crippen molar-refractivity contribution in [3.05, 3.63) is 35.7 Å². The number of ether oxygens (including phenoxy) is 2. The summed E-state index contributed by atoms with van der Waals surface area (Å²) in [4.78, 5) is 0. The lowest BCUT2D eigenvalue weighted by molar-refractivity contribution is 0.395. The molecule has 0 unspecified atom stereocenters. The summed E-state index contributed by atoms with van der Waals surface area (Å²) in [7, 11) is 3.30. The molecule has 0 fully saturated rings. The van der Waals surface area contributed by atoms with Crippen LogP contribution in [0.1, 0.15) is 25.2 Å². The van der Waals surface area contributed by atoms with E-state index >= 15 is 0 Å². The van der Waals surface area contributed by atoms with Gasteiger partial charge >= 0.3 is 0 Å². The van der Waals surface area contributed by atoms with Gasteiger partial charge in [0.25, 0.3) is 0 Å². The van der Waals surface area contributed by atoms with Crippen molar-refractivity contribution >= 4 is 5.69 Å². The van der Waals surface area contributed by atoms with E-state index in [2.05, 4.69) is 30.3 Å². The van der Waals surface area contributed by atoms with Crippen molar-refractivity contribution in [1.82, 2.24) is 9.78 Å². The monoisotopic (exact) mass is 289 g/mol. The van der Waals surface area contributed by atoms with E-state index in [0.29, 0.717) is 6.54 Å². The molecule has 0 aliphatic carbocycles. The summed E-state index contributed by atoms with van der Waals surface area (Å²) >= 11 is 0. The summed E-state index contributed by atoms with van der Waals surface area (Å²) in [6.45, 7) is 5.80. The topological polar surface area (TPSA) is 48.3 Å². The average Bonchev–Trinajstić information content (AvgIpc) is 2.95. The molecular weight excluding hydrogens is 266 g/mol. The van der Waals surface area contributed by atoms with Crippen LogP contribution in [0.2, 0.25) is 0 Å². The Morgan fingerprint density at radius 1 is 1.14 bits per heavy atom. The molecule has 0 atom stereocenters. The number of rotatable bonds is 7. The molecule has 5 nitrogen and oxygen atoms in total. The summed E-state index contributed by atoms with van der Waals surface area (Å²) in [6, 6.07) is 7.90. The highest BCUT2D eigenvalue weighted by Crippen LogP contribution is 2.29. The van der Waals surface area contributed by atoms with Crippen LogP contribution in [0.25, 0.3) is 0 Å². The predicted octanol–water partition coefficient (Wildman–Crippen LogP) is 3.09. The minimum Gasteiger partial charge on any atom is -0.497 e. The predicted molar refractivity (Wildman–Crippen MR) is 84.2 cm³/mol. The zero-order valence-electron chi connectivity index (χ0n) is 13.1. The fourth-order valence-electron chi connectivity index (χ4n) is 2.23. The Morgan fingerprint density at radius 2 is 1.95 bits per heavy atom. The van der Waals surface area contributed by atoms with Gasteiger partial charge in [0.1, 0.15) is 11.5 Å². The normalized spacial score (nSPS) is 10.5. The highest BCUT2D eigenvalue weighted by molar-refractivity contribution is 5.59. The zero-order chi connectivity index (χ0) is 15.2. The Morgan fingerprint density at radius 3 is 2.57 bits per heavy atom. The van der Waals surface area contributed by atoms with Gasteiger partial charge in [-0.25, -0.2) is 0 Å². The molecule has 114 valence electrons. The quantitative estimate of drug-likeness (QED) is 0.851. The lowest BCUT2D eigenvalue weighted by Gasteiger charge is -2.13. The lowest BCUT2D eigenvalue weighted by Crippen LogP contribution is -2.08. The Labute approximate surface area is 125 Å². The third-order valence-electron chi connectivity index (χ3n) is 3.44. The van der Waals surface area contributed by atoms with Crippen LogP contribution in [-0.2, 0) is 19.5 Å². The van der Waals surface area contributed by atoms with E-state index in [1.807, 2.05) is 22.9 Å². The van der Waals surface area contributed by atoms with E-state index in [1.165, 1.54) is 5.69 Å². The Kier molecular flexibility index (Phi) is 5.09. The third kappa shape index (κ3) is 3.48. The Hall–Kier alpha value is -2.17. The van der Waals surface area contributed by atoms with Crippen molar-refractivity contribution in [1.29, 1.82) is 0 Å². The highest BCUT2D eigenvalue weighted by Gasteiger charge is 2.08. The molecule has 0 saturated heterocycles. The first-order chi connectivity index (χ1) is 10.2. The van der Waals surface area contributed by atoms with Crippen molar-refractivity contribution in [2.24, 2.45) is 0 Å². The number of methoxy groups -OCH3 is 2. The van der Waals surface area contributed by atoms with E-state index in [9.17, 15) is 0 Å². The molecule has 0 aliphatic heterocycles. The maximum Gasteiger partial charge on any atom is 0.145 e. The summed E-state index contributed by atoms with van der Waals surface area (Å²) in [5, 5.41) is 7.96. The lowest BCUT2D eigenvalue weighted by atomic mass is 10.2. The van der Waals surface area contributed by atoms with Gasteiger partial charge in [-0.05, 0) is 31.5 Å². The molecule has 0 aliphatic rings. The van der Waals surface area contributed by atoms with Crippen molar-refractivity contribution in [3.8, 4) is 11.5 Å². The Balaban J connectivity index is 2.14. The largest absolute Gasteiger partial charge is 0.497 e. The average molecular weight is 289 g/mol. The smallest absolute Gasteiger partial charge is 0.145 e.